The molecule has 0 bridgehead atoms. The summed E-state index contributed by atoms with van der Waals surface area (Å²) in [6.07, 6.45) is 0. The van der Waals surface area contributed by atoms with E-state index in [1.165, 1.54) is 0 Å². The predicted molar refractivity (Wildman–Crippen MR) is 131 cm³/mol. The van der Waals surface area contributed by atoms with Crippen molar-refractivity contribution in [2.45, 2.75) is 38.9 Å². The molecule has 5 heteroatoms. The van der Waals surface area contributed by atoms with E-state index in [1.807, 2.05) is 63.2 Å². The van der Waals surface area contributed by atoms with Gasteiger partial charge in [0.2, 0.25) is 5.91 Å². The molecule has 0 aromatic heterocycles. The van der Waals surface area contributed by atoms with Gasteiger partial charge in [-0.25, -0.2) is 0 Å². The van der Waals surface area contributed by atoms with Gasteiger partial charge in [0.05, 0.1) is 7.11 Å². The van der Waals surface area contributed by atoms with E-state index in [4.69, 9.17) is 9.47 Å². The third kappa shape index (κ3) is 5.37. The summed E-state index contributed by atoms with van der Waals surface area (Å²) in [6.45, 7) is 7.82. The van der Waals surface area contributed by atoms with E-state index in [9.17, 15) is 4.79 Å². The highest BCUT2D eigenvalue weighted by molar-refractivity contribution is 5.84. The van der Waals surface area contributed by atoms with Crippen LogP contribution in [0.25, 0.3) is 11.1 Å². The lowest BCUT2D eigenvalue weighted by atomic mass is 9.97. The molecule has 0 aliphatic carbocycles. The van der Waals surface area contributed by atoms with Crippen molar-refractivity contribution in [1.29, 1.82) is 0 Å². The van der Waals surface area contributed by atoms with E-state index in [-0.39, 0.29) is 11.4 Å². The lowest BCUT2D eigenvalue weighted by Gasteiger charge is -2.32. The number of hydrogen-bond donors (Lipinski definition) is 1. The summed E-state index contributed by atoms with van der Waals surface area (Å²) in [5, 5.41) is 3.18. The van der Waals surface area contributed by atoms with Gasteiger partial charge in [0, 0.05) is 24.2 Å². The zero-order chi connectivity index (χ0) is 23.4. The molecular formula is C28H32N2O3. The van der Waals surface area contributed by atoms with Crippen molar-refractivity contribution in [3.8, 4) is 22.6 Å². The van der Waals surface area contributed by atoms with E-state index >= 15 is 0 Å². The first kappa shape index (κ1) is 22.9. The predicted octanol–water partition coefficient (Wildman–Crippen LogP) is 5.21. The maximum absolute atomic E-state index is 13.5. The molecule has 3 aromatic carbocycles. The maximum Gasteiger partial charge on any atom is 0.242 e. The van der Waals surface area contributed by atoms with Gasteiger partial charge in [0.15, 0.2) is 0 Å². The molecule has 1 unspecified atom stereocenters. The molecule has 0 fully saturated rings. The van der Waals surface area contributed by atoms with Crippen LogP contribution in [0.1, 0.15) is 37.9 Å². The van der Waals surface area contributed by atoms with Gasteiger partial charge in [-0.3, -0.25) is 9.69 Å². The number of nitrogens with zero attached hydrogens (tertiary/aromatic N) is 1. The van der Waals surface area contributed by atoms with Crippen LogP contribution in [0.2, 0.25) is 0 Å². The summed E-state index contributed by atoms with van der Waals surface area (Å²) in [6, 6.07) is 23.9. The standard InChI is InChI=1S/C28H32N2O3/c1-28(2,3)29-27(31)26-24-11-7-8-12-25(24)33-18-17-30(26)19-21-9-5-6-10-23(21)20-13-15-22(32-4)16-14-20/h5-16,26H,17-19H2,1-4H3,(H,29,31). The number of fused-ring (bicyclic) bond motifs is 1. The number of carbonyl (C=O) groups is 1. The molecule has 33 heavy (non-hydrogen) atoms. The van der Waals surface area contributed by atoms with Crippen molar-refractivity contribution in [3.05, 3.63) is 83.9 Å². The fraction of sp³-hybridized carbons (Fsp3) is 0.321. The van der Waals surface area contributed by atoms with Crippen molar-refractivity contribution in [3.63, 3.8) is 0 Å². The summed E-state index contributed by atoms with van der Waals surface area (Å²) in [5.41, 5.74) is 4.00. The van der Waals surface area contributed by atoms with Crippen LogP contribution in [0.5, 0.6) is 11.5 Å². The first-order valence-corrected chi connectivity index (χ1v) is 11.4. The van der Waals surface area contributed by atoms with Gasteiger partial charge in [-0.05, 0) is 55.7 Å². The van der Waals surface area contributed by atoms with Crippen LogP contribution in [-0.4, -0.2) is 36.6 Å². The summed E-state index contributed by atoms with van der Waals surface area (Å²) < 4.78 is 11.3. The van der Waals surface area contributed by atoms with E-state index in [0.717, 1.165) is 33.8 Å². The average molecular weight is 445 g/mol. The SMILES string of the molecule is COc1ccc(-c2ccccc2CN2CCOc3ccccc3C2C(=O)NC(C)(C)C)cc1. The third-order valence-electron chi connectivity index (χ3n) is 5.75. The molecule has 0 saturated carbocycles. The van der Waals surface area contributed by atoms with Crippen molar-refractivity contribution in [2.24, 2.45) is 0 Å². The topological polar surface area (TPSA) is 50.8 Å². The summed E-state index contributed by atoms with van der Waals surface area (Å²) in [7, 11) is 1.67. The van der Waals surface area contributed by atoms with Crippen LogP contribution in [-0.2, 0) is 11.3 Å². The molecule has 0 spiro atoms. The lowest BCUT2D eigenvalue weighted by Crippen LogP contribution is -2.47. The van der Waals surface area contributed by atoms with Gasteiger partial charge in [-0.15, -0.1) is 0 Å². The number of hydrogen-bond acceptors (Lipinski definition) is 4. The molecule has 1 heterocycles. The molecule has 1 aliphatic rings. The zero-order valence-electron chi connectivity index (χ0n) is 19.8. The Hall–Kier alpha value is -3.31. The third-order valence-corrected chi connectivity index (χ3v) is 5.75. The Morgan fingerprint density at radius 2 is 1.73 bits per heavy atom. The van der Waals surface area contributed by atoms with Crippen molar-refractivity contribution < 1.29 is 14.3 Å². The molecule has 3 aromatic rings. The second-order valence-corrected chi connectivity index (χ2v) is 9.38. The second-order valence-electron chi connectivity index (χ2n) is 9.38. The van der Waals surface area contributed by atoms with Gasteiger partial charge in [0.1, 0.15) is 24.1 Å². The Labute approximate surface area is 196 Å². The number of para-hydroxylation sites is 1. The number of rotatable bonds is 5. The summed E-state index contributed by atoms with van der Waals surface area (Å²) in [5.74, 6) is 1.59. The minimum absolute atomic E-state index is 0.0117. The number of carbonyl (C=O) groups excluding carboxylic acids is 1. The Kier molecular flexibility index (Phi) is 6.70. The van der Waals surface area contributed by atoms with Crippen LogP contribution in [0.3, 0.4) is 0 Å². The molecule has 1 aliphatic heterocycles. The first-order chi connectivity index (χ1) is 15.9. The van der Waals surface area contributed by atoms with Crippen LogP contribution in [0.15, 0.2) is 72.8 Å². The Balaban J connectivity index is 1.71. The van der Waals surface area contributed by atoms with Crippen LogP contribution < -0.4 is 14.8 Å². The normalized spacial score (nSPS) is 16.3. The van der Waals surface area contributed by atoms with E-state index in [1.54, 1.807) is 7.11 Å². The molecule has 172 valence electrons. The molecule has 1 N–H and O–H groups in total. The van der Waals surface area contributed by atoms with Crippen molar-refractivity contribution in [2.75, 3.05) is 20.3 Å². The minimum Gasteiger partial charge on any atom is -0.497 e. The molecule has 5 nitrogen and oxygen atoms in total. The van der Waals surface area contributed by atoms with Crippen LogP contribution in [0, 0.1) is 0 Å². The molecule has 4 rings (SSSR count). The highest BCUT2D eigenvalue weighted by Crippen LogP contribution is 2.35. The van der Waals surface area contributed by atoms with Crippen LogP contribution >= 0.6 is 0 Å². The Bertz CT molecular complexity index is 1100. The number of nitrogens with one attached hydrogen (secondary N) is 1. The quantitative estimate of drug-likeness (QED) is 0.587. The van der Waals surface area contributed by atoms with Gasteiger partial charge in [0.25, 0.3) is 0 Å². The fourth-order valence-electron chi connectivity index (χ4n) is 4.28. The van der Waals surface area contributed by atoms with Crippen molar-refractivity contribution in [1.82, 2.24) is 10.2 Å². The van der Waals surface area contributed by atoms with Crippen molar-refractivity contribution >= 4 is 5.91 Å². The van der Waals surface area contributed by atoms with E-state index in [0.29, 0.717) is 19.7 Å². The zero-order valence-corrected chi connectivity index (χ0v) is 19.8. The maximum atomic E-state index is 13.5. The summed E-state index contributed by atoms with van der Waals surface area (Å²) >= 11 is 0. The van der Waals surface area contributed by atoms with E-state index in [2.05, 4.69) is 40.5 Å². The molecule has 0 saturated heterocycles. The number of amides is 1. The average Bonchev–Trinajstić information content (AvgIpc) is 2.97. The van der Waals surface area contributed by atoms with Gasteiger partial charge >= 0.3 is 0 Å². The van der Waals surface area contributed by atoms with E-state index < -0.39 is 6.04 Å². The van der Waals surface area contributed by atoms with Gasteiger partial charge in [-0.2, -0.15) is 0 Å². The highest BCUT2D eigenvalue weighted by atomic mass is 16.5. The number of benzene rings is 3. The lowest BCUT2D eigenvalue weighted by molar-refractivity contribution is -0.128. The molecule has 1 atom stereocenters. The largest absolute Gasteiger partial charge is 0.497 e. The van der Waals surface area contributed by atoms with Gasteiger partial charge < -0.3 is 14.8 Å². The fourth-order valence-corrected chi connectivity index (χ4v) is 4.28. The summed E-state index contributed by atoms with van der Waals surface area (Å²) in [4.78, 5) is 15.8. The number of methoxy groups -OCH3 is 1. The smallest absolute Gasteiger partial charge is 0.242 e. The highest BCUT2D eigenvalue weighted by Gasteiger charge is 2.34. The van der Waals surface area contributed by atoms with Gasteiger partial charge in [-0.1, -0.05) is 54.6 Å². The molecule has 0 radical (unpaired) electrons. The molecule has 1 amide bonds. The first-order valence-electron chi connectivity index (χ1n) is 11.4. The second kappa shape index (κ2) is 9.67. The monoisotopic (exact) mass is 444 g/mol. The molecular weight excluding hydrogens is 412 g/mol. The Morgan fingerprint density at radius 1 is 1.03 bits per heavy atom. The Morgan fingerprint density at radius 3 is 2.45 bits per heavy atom. The minimum atomic E-state index is -0.438. The van der Waals surface area contributed by atoms with Crippen LogP contribution in [0.4, 0.5) is 0 Å². The number of ether oxygens (including phenoxy) is 2.